The predicted octanol–water partition coefficient (Wildman–Crippen LogP) is 6.84. The molecule has 1 aliphatic rings. The largest absolute Gasteiger partial charge is 0.491 e. The minimum atomic E-state index is -0.955. The van der Waals surface area contributed by atoms with Crippen LogP contribution >= 0.6 is 0 Å². The molecule has 1 aromatic heterocycles. The van der Waals surface area contributed by atoms with Crippen molar-refractivity contribution >= 4 is 16.9 Å². The molecule has 0 spiro atoms. The van der Waals surface area contributed by atoms with Crippen LogP contribution in [-0.2, 0) is 13.0 Å². The lowest BCUT2D eigenvalue weighted by Crippen LogP contribution is -2.35. The molecule has 1 fully saturated rings. The Morgan fingerprint density at radius 1 is 0.947 bits per heavy atom. The fourth-order valence-electron chi connectivity index (χ4n) is 5.70. The van der Waals surface area contributed by atoms with Crippen molar-refractivity contribution in [1.82, 2.24) is 9.47 Å². The molecular formula is C33H38N2O3. The van der Waals surface area contributed by atoms with Gasteiger partial charge in [0.1, 0.15) is 17.9 Å². The number of benzene rings is 3. The summed E-state index contributed by atoms with van der Waals surface area (Å²) in [6.45, 7) is 8.75. The second-order valence-electron chi connectivity index (χ2n) is 10.9. The molecule has 0 atom stereocenters. The highest BCUT2D eigenvalue weighted by Gasteiger charge is 2.24. The second-order valence-corrected chi connectivity index (χ2v) is 10.9. The molecule has 0 bridgehead atoms. The Bertz CT molecular complexity index is 1360. The predicted molar refractivity (Wildman–Crippen MR) is 153 cm³/mol. The van der Waals surface area contributed by atoms with Crippen molar-refractivity contribution < 1.29 is 14.6 Å². The maximum atomic E-state index is 11.4. The number of fused-ring (bicyclic) bond motifs is 1. The van der Waals surface area contributed by atoms with Crippen LogP contribution in [0.3, 0.4) is 0 Å². The summed E-state index contributed by atoms with van der Waals surface area (Å²) in [5.41, 5.74) is 5.73. The van der Waals surface area contributed by atoms with E-state index in [1.807, 2.05) is 6.07 Å². The monoisotopic (exact) mass is 510 g/mol. The first-order valence-corrected chi connectivity index (χ1v) is 13.8. The molecule has 0 saturated carbocycles. The fourth-order valence-corrected chi connectivity index (χ4v) is 5.70. The quantitative estimate of drug-likeness (QED) is 0.254. The molecule has 5 nitrogen and oxygen atoms in total. The molecule has 4 aromatic rings. The molecule has 0 aliphatic carbocycles. The second kappa shape index (κ2) is 11.9. The van der Waals surface area contributed by atoms with Gasteiger partial charge in [0.2, 0.25) is 0 Å². The van der Waals surface area contributed by atoms with Gasteiger partial charge in [-0.05, 0) is 79.1 Å². The van der Waals surface area contributed by atoms with Crippen molar-refractivity contribution in [3.63, 3.8) is 0 Å². The van der Waals surface area contributed by atoms with Crippen LogP contribution in [0.25, 0.3) is 10.9 Å². The van der Waals surface area contributed by atoms with Crippen LogP contribution in [0.15, 0.2) is 79.0 Å². The van der Waals surface area contributed by atoms with Gasteiger partial charge >= 0.3 is 5.97 Å². The number of nitrogens with zero attached hydrogens (tertiary/aromatic N) is 2. The summed E-state index contributed by atoms with van der Waals surface area (Å²) in [6.07, 6.45) is 5.74. The van der Waals surface area contributed by atoms with Gasteiger partial charge in [0, 0.05) is 30.2 Å². The number of ether oxygens (including phenoxy) is 1. The SMILES string of the molecule is CC(C)Cc1ccc(Cn2cc(C3CCN(CCOc4ccccc4C(=O)O)CC3)c3ccccc32)cc1. The van der Waals surface area contributed by atoms with Gasteiger partial charge in [-0.15, -0.1) is 0 Å². The Morgan fingerprint density at radius 3 is 2.37 bits per heavy atom. The maximum Gasteiger partial charge on any atom is 0.339 e. The first kappa shape index (κ1) is 26.1. The summed E-state index contributed by atoms with van der Waals surface area (Å²) >= 11 is 0. The van der Waals surface area contributed by atoms with Crippen molar-refractivity contribution in [2.45, 2.75) is 45.6 Å². The molecule has 1 saturated heterocycles. The zero-order valence-electron chi connectivity index (χ0n) is 22.5. The van der Waals surface area contributed by atoms with Crippen LogP contribution in [0, 0.1) is 5.92 Å². The summed E-state index contributed by atoms with van der Waals surface area (Å²) in [7, 11) is 0. The van der Waals surface area contributed by atoms with Crippen molar-refractivity contribution in [3.05, 3.63) is 101 Å². The molecule has 0 radical (unpaired) electrons. The number of carboxylic acid groups (broad SMARTS) is 1. The average Bonchev–Trinajstić information content (AvgIpc) is 3.28. The van der Waals surface area contributed by atoms with Crippen LogP contribution in [0.2, 0.25) is 0 Å². The van der Waals surface area contributed by atoms with Crippen LogP contribution in [-0.4, -0.2) is 46.8 Å². The third-order valence-electron chi connectivity index (χ3n) is 7.65. The first-order chi connectivity index (χ1) is 18.5. The highest BCUT2D eigenvalue weighted by Crippen LogP contribution is 2.35. The molecule has 1 aliphatic heterocycles. The smallest absolute Gasteiger partial charge is 0.339 e. The lowest BCUT2D eigenvalue weighted by atomic mass is 9.89. The number of likely N-dealkylation sites (tertiary alicyclic amines) is 1. The van der Waals surface area contributed by atoms with Crippen molar-refractivity contribution in [2.24, 2.45) is 5.92 Å². The van der Waals surface area contributed by atoms with Crippen molar-refractivity contribution in [3.8, 4) is 5.75 Å². The van der Waals surface area contributed by atoms with Gasteiger partial charge in [0.05, 0.1) is 0 Å². The van der Waals surface area contributed by atoms with Gasteiger partial charge in [-0.1, -0.05) is 68.4 Å². The number of hydrogen-bond donors (Lipinski definition) is 1. The van der Waals surface area contributed by atoms with E-state index in [0.29, 0.717) is 24.2 Å². The van der Waals surface area contributed by atoms with E-state index in [1.165, 1.54) is 27.6 Å². The summed E-state index contributed by atoms with van der Waals surface area (Å²) in [5, 5.41) is 10.7. The molecule has 2 heterocycles. The number of hydrogen-bond acceptors (Lipinski definition) is 3. The van der Waals surface area contributed by atoms with Crippen LogP contribution < -0.4 is 4.74 Å². The molecule has 198 valence electrons. The third-order valence-corrected chi connectivity index (χ3v) is 7.65. The zero-order valence-corrected chi connectivity index (χ0v) is 22.5. The number of carbonyl (C=O) groups is 1. The maximum absolute atomic E-state index is 11.4. The zero-order chi connectivity index (χ0) is 26.5. The van der Waals surface area contributed by atoms with E-state index in [2.05, 4.69) is 78.0 Å². The lowest BCUT2D eigenvalue weighted by Gasteiger charge is -2.31. The van der Waals surface area contributed by atoms with E-state index >= 15 is 0 Å². The highest BCUT2D eigenvalue weighted by atomic mass is 16.5. The lowest BCUT2D eigenvalue weighted by molar-refractivity contribution is 0.0691. The van der Waals surface area contributed by atoms with Gasteiger partial charge in [-0.3, -0.25) is 4.90 Å². The standard InChI is InChI=1S/C33H38N2O3/c1-24(2)21-25-11-13-26(14-12-25)22-35-23-30(28-7-3-5-9-31(28)35)27-15-17-34(18-16-27)19-20-38-32-10-6-4-8-29(32)33(36)37/h3-14,23-24,27H,15-22H2,1-2H3,(H,36,37). The molecule has 5 heteroatoms. The molecule has 38 heavy (non-hydrogen) atoms. The van der Waals surface area contributed by atoms with Gasteiger partial charge < -0.3 is 14.4 Å². The molecule has 3 aromatic carbocycles. The van der Waals surface area contributed by atoms with Crippen molar-refractivity contribution in [2.75, 3.05) is 26.2 Å². The summed E-state index contributed by atoms with van der Waals surface area (Å²) < 4.78 is 8.25. The minimum absolute atomic E-state index is 0.217. The van der Waals surface area contributed by atoms with E-state index in [0.717, 1.165) is 45.4 Å². The Labute approximate surface area is 225 Å². The Balaban J connectivity index is 1.21. The Hall–Kier alpha value is -3.57. The Morgan fingerprint density at radius 2 is 1.63 bits per heavy atom. The minimum Gasteiger partial charge on any atom is -0.491 e. The van der Waals surface area contributed by atoms with E-state index in [1.54, 1.807) is 18.2 Å². The normalized spacial score (nSPS) is 14.8. The number of rotatable bonds is 10. The van der Waals surface area contributed by atoms with Crippen molar-refractivity contribution in [1.29, 1.82) is 0 Å². The third kappa shape index (κ3) is 6.11. The number of aromatic carboxylic acids is 1. The molecule has 0 amide bonds. The van der Waals surface area contributed by atoms with Crippen LogP contribution in [0.5, 0.6) is 5.75 Å². The van der Waals surface area contributed by atoms with E-state index < -0.39 is 5.97 Å². The van der Waals surface area contributed by atoms with Crippen LogP contribution in [0.4, 0.5) is 0 Å². The van der Waals surface area contributed by atoms with Gasteiger partial charge in [0.15, 0.2) is 0 Å². The topological polar surface area (TPSA) is 54.7 Å². The number of piperidine rings is 1. The van der Waals surface area contributed by atoms with Gasteiger partial charge in [-0.25, -0.2) is 4.79 Å². The van der Waals surface area contributed by atoms with Gasteiger partial charge in [0.25, 0.3) is 0 Å². The molecule has 0 unspecified atom stereocenters. The molecule has 5 rings (SSSR count). The average molecular weight is 511 g/mol. The summed E-state index contributed by atoms with van der Waals surface area (Å²) in [4.78, 5) is 13.8. The van der Waals surface area contributed by atoms with E-state index in [4.69, 9.17) is 4.74 Å². The fraction of sp³-hybridized carbons (Fsp3) is 0.364. The highest BCUT2D eigenvalue weighted by molar-refractivity contribution is 5.90. The summed E-state index contributed by atoms with van der Waals surface area (Å²) in [6, 6.07) is 24.8. The number of para-hydroxylation sites is 2. The van der Waals surface area contributed by atoms with E-state index in [9.17, 15) is 9.90 Å². The molecule has 1 N–H and O–H groups in total. The van der Waals surface area contributed by atoms with Gasteiger partial charge in [-0.2, -0.15) is 0 Å². The first-order valence-electron chi connectivity index (χ1n) is 13.8. The number of aromatic nitrogens is 1. The summed E-state index contributed by atoms with van der Waals surface area (Å²) in [5.74, 6) is 0.699. The molecular weight excluding hydrogens is 472 g/mol. The number of carboxylic acids is 1. The Kier molecular flexibility index (Phi) is 8.14. The van der Waals surface area contributed by atoms with Crippen LogP contribution in [0.1, 0.15) is 59.7 Å². The van der Waals surface area contributed by atoms with E-state index in [-0.39, 0.29) is 5.56 Å².